The van der Waals surface area contributed by atoms with Crippen molar-refractivity contribution in [2.45, 2.75) is 0 Å². The molecule has 29 heavy (non-hydrogen) atoms. The summed E-state index contributed by atoms with van der Waals surface area (Å²) in [5.41, 5.74) is 0. The number of hydrogen-bond acceptors (Lipinski definition) is 8. The molecular formula is C18H19N2O6PS2. The summed E-state index contributed by atoms with van der Waals surface area (Å²) in [6.07, 6.45) is 0. The molecule has 0 radical (unpaired) electrons. The Labute approximate surface area is 168 Å². The second-order valence-corrected chi connectivity index (χ2v) is 19.3. The predicted molar refractivity (Wildman–Crippen MR) is 114 cm³/mol. The number of hydrogen-bond donors (Lipinski definition) is 2. The van der Waals surface area contributed by atoms with Gasteiger partial charge in [0.2, 0.25) is 0 Å². The third kappa shape index (κ3) is 2.55. The molecule has 4 N–H and O–H groups in total. The van der Waals surface area contributed by atoms with Crippen LogP contribution in [-0.2, 0) is 28.0 Å². The van der Waals surface area contributed by atoms with E-state index in [1.165, 1.54) is 72.8 Å². The zero-order valence-electron chi connectivity index (χ0n) is 15.0. The van der Waals surface area contributed by atoms with Gasteiger partial charge in [0.05, 0.1) is 0 Å². The van der Waals surface area contributed by atoms with Crippen LogP contribution in [0.3, 0.4) is 0 Å². The Kier molecular flexibility index (Phi) is 5.63. The van der Waals surface area contributed by atoms with Crippen LogP contribution in [-0.4, -0.2) is 16.8 Å². The molecule has 0 spiro atoms. The van der Waals surface area contributed by atoms with Crippen molar-refractivity contribution in [2.75, 3.05) is 0 Å². The van der Waals surface area contributed by atoms with Crippen molar-refractivity contribution in [3.05, 3.63) is 91.0 Å². The van der Waals surface area contributed by atoms with E-state index in [4.69, 9.17) is 11.8 Å². The van der Waals surface area contributed by atoms with Crippen LogP contribution in [0.25, 0.3) is 0 Å². The molecule has 0 aliphatic rings. The molecular weight excluding hydrogens is 435 g/mol. The van der Waals surface area contributed by atoms with Crippen molar-refractivity contribution in [2.24, 2.45) is 11.8 Å². The average Bonchev–Trinajstić information content (AvgIpc) is 2.76. The Morgan fingerprint density at radius 1 is 0.517 bits per heavy atom. The van der Waals surface area contributed by atoms with Crippen molar-refractivity contribution in [3.8, 4) is 0 Å². The molecule has 0 saturated heterocycles. The summed E-state index contributed by atoms with van der Waals surface area (Å²) in [4.78, 5) is 0. The van der Waals surface area contributed by atoms with Gasteiger partial charge in [-0.15, -0.1) is 0 Å². The van der Waals surface area contributed by atoms with E-state index in [0.29, 0.717) is 0 Å². The monoisotopic (exact) mass is 454 g/mol. The van der Waals surface area contributed by atoms with Gasteiger partial charge in [0.1, 0.15) is 0 Å². The van der Waals surface area contributed by atoms with Crippen LogP contribution >= 0.6 is 5.01 Å². The van der Waals surface area contributed by atoms with Crippen LogP contribution in [0.5, 0.6) is 0 Å². The second kappa shape index (κ2) is 7.58. The van der Waals surface area contributed by atoms with Gasteiger partial charge in [-0.3, -0.25) is 0 Å². The Hall–Kier alpha value is -2.17. The van der Waals surface area contributed by atoms with Crippen molar-refractivity contribution < 1.29 is 25.4 Å². The summed E-state index contributed by atoms with van der Waals surface area (Å²) < 4.78 is 63.9. The summed E-state index contributed by atoms with van der Waals surface area (Å²) in [5, 5.41) is -5.94. The zero-order valence-corrected chi connectivity index (χ0v) is 17.6. The van der Waals surface area contributed by atoms with E-state index in [9.17, 15) is 16.8 Å². The van der Waals surface area contributed by atoms with E-state index in [2.05, 4.69) is 8.57 Å². The molecule has 0 aliphatic carbocycles. The summed E-state index contributed by atoms with van der Waals surface area (Å²) >= 11 is 0. The normalized spacial score (nSPS) is 14.1. The van der Waals surface area contributed by atoms with Crippen molar-refractivity contribution in [3.63, 3.8) is 0 Å². The zero-order chi connectivity index (χ0) is 21.2. The van der Waals surface area contributed by atoms with E-state index >= 15 is 0 Å². The Balaban J connectivity index is 2.85. The Morgan fingerprint density at radius 3 is 0.966 bits per heavy atom. The molecule has 154 valence electrons. The molecule has 0 aromatic heterocycles. The number of benzene rings is 3. The third-order valence-corrected chi connectivity index (χ3v) is 23.4. The first-order valence-corrected chi connectivity index (χ1v) is 14.5. The van der Waals surface area contributed by atoms with E-state index in [-0.39, 0.29) is 15.9 Å². The molecule has 0 fully saturated rings. The van der Waals surface area contributed by atoms with Crippen molar-refractivity contribution in [1.29, 1.82) is 0 Å². The van der Waals surface area contributed by atoms with Crippen LogP contribution in [0.2, 0.25) is 0 Å². The molecule has 0 heterocycles. The molecule has 0 saturated carbocycles. The molecule has 11 heteroatoms. The van der Waals surface area contributed by atoms with Crippen molar-refractivity contribution >= 4 is 40.4 Å². The van der Waals surface area contributed by atoms with Gasteiger partial charge in [0.25, 0.3) is 0 Å². The van der Waals surface area contributed by atoms with Gasteiger partial charge >= 0.3 is 169 Å². The molecule has 0 amide bonds. The molecule has 0 aliphatic heterocycles. The van der Waals surface area contributed by atoms with E-state index < -0.39 is 24.5 Å². The summed E-state index contributed by atoms with van der Waals surface area (Å²) in [6.45, 7) is 0. The number of nitrogens with two attached hydrogens (primary N) is 2. The minimum absolute atomic E-state index is 0.0770. The first-order valence-electron chi connectivity index (χ1n) is 8.24. The SMILES string of the molecule is NOS(=O)(=O)P(c1ccccc1)(c1ccccc1)(c1ccccc1)S(=O)(=O)ON. The predicted octanol–water partition coefficient (Wildman–Crippen LogP) is 0.786. The van der Waals surface area contributed by atoms with Crippen LogP contribution in [0.1, 0.15) is 0 Å². The second-order valence-electron chi connectivity index (χ2n) is 6.01. The molecule has 3 aromatic rings. The summed E-state index contributed by atoms with van der Waals surface area (Å²) in [6, 6.07) is 22.2. The molecule has 0 bridgehead atoms. The maximum absolute atomic E-state index is 13.7. The molecule has 0 unspecified atom stereocenters. The van der Waals surface area contributed by atoms with Crippen LogP contribution in [0.15, 0.2) is 91.0 Å². The molecule has 0 atom stereocenters. The molecule has 3 aromatic carbocycles. The van der Waals surface area contributed by atoms with Gasteiger partial charge in [0.15, 0.2) is 0 Å². The standard InChI is InChI=1S/C18H19N2O6PS2/c19-25-28(21,22)27(29(23,24)26-20,16-10-4-1-5-11-16,17-12-6-2-7-13-17)18-14-8-3-9-15-18/h1-15H,19-20H2. The first-order chi connectivity index (χ1) is 13.8. The average molecular weight is 454 g/mol. The van der Waals surface area contributed by atoms with Gasteiger partial charge in [-0.25, -0.2) is 0 Å². The van der Waals surface area contributed by atoms with Gasteiger partial charge in [-0.1, -0.05) is 0 Å². The third-order valence-electron chi connectivity index (χ3n) is 4.77. The van der Waals surface area contributed by atoms with Gasteiger partial charge < -0.3 is 0 Å². The minimum atomic E-state index is -5.71. The van der Waals surface area contributed by atoms with Gasteiger partial charge in [0, 0.05) is 0 Å². The van der Waals surface area contributed by atoms with Crippen LogP contribution in [0.4, 0.5) is 0 Å². The van der Waals surface area contributed by atoms with E-state index in [0.717, 1.165) is 0 Å². The quantitative estimate of drug-likeness (QED) is 0.395. The summed E-state index contributed by atoms with van der Waals surface area (Å²) in [7, 11) is -10.2. The number of rotatable bonds is 7. The fourth-order valence-electron chi connectivity index (χ4n) is 3.59. The van der Waals surface area contributed by atoms with Crippen LogP contribution in [0, 0.1) is 0 Å². The van der Waals surface area contributed by atoms with Gasteiger partial charge in [-0.2, -0.15) is 0 Å². The maximum atomic E-state index is 13.7. The molecule has 3 rings (SSSR count). The Morgan fingerprint density at radius 2 is 0.759 bits per heavy atom. The molecule has 8 nitrogen and oxygen atoms in total. The summed E-state index contributed by atoms with van der Waals surface area (Å²) in [5.74, 6) is 10.4. The fourth-order valence-corrected chi connectivity index (χ4v) is 19.9. The van der Waals surface area contributed by atoms with E-state index in [1.54, 1.807) is 18.2 Å². The topological polar surface area (TPSA) is 139 Å². The van der Waals surface area contributed by atoms with Gasteiger partial charge in [-0.05, 0) is 0 Å². The van der Waals surface area contributed by atoms with E-state index in [1.807, 2.05) is 0 Å². The first kappa shape index (κ1) is 21.5. The fraction of sp³-hybridized carbons (Fsp3) is 0. The van der Waals surface area contributed by atoms with Crippen LogP contribution < -0.4 is 27.7 Å². The Bertz CT molecular complexity index is 1070. The van der Waals surface area contributed by atoms with Crippen molar-refractivity contribution in [1.82, 2.24) is 0 Å².